The van der Waals surface area contributed by atoms with Crippen LogP contribution >= 0.6 is 0 Å². The van der Waals surface area contributed by atoms with E-state index < -0.39 is 6.04 Å². The highest BCUT2D eigenvalue weighted by Gasteiger charge is 2.41. The number of rotatable bonds is 5. The minimum atomic E-state index is -0.618. The summed E-state index contributed by atoms with van der Waals surface area (Å²) in [5, 5.41) is 11.1. The number of carbonyl (C=O) groups is 1. The number of hydrogen-bond donors (Lipinski definition) is 0. The summed E-state index contributed by atoms with van der Waals surface area (Å²) in [6.07, 6.45) is 0.303. The van der Waals surface area contributed by atoms with Crippen molar-refractivity contribution >= 4 is 5.78 Å². The summed E-state index contributed by atoms with van der Waals surface area (Å²) < 4.78 is 0. The topological polar surface area (TPSA) is 63.5 Å². The average molecular weight is 262 g/mol. The van der Waals surface area contributed by atoms with Gasteiger partial charge in [0.25, 0.3) is 0 Å². The fourth-order valence-electron chi connectivity index (χ4n) is 2.72. The largest absolute Gasteiger partial charge is 0.300 e. The molecule has 0 N–H and O–H groups in total. The Morgan fingerprint density at radius 3 is 2.63 bits per heavy atom. The van der Waals surface area contributed by atoms with Crippen molar-refractivity contribution in [3.8, 4) is 0 Å². The molecule has 1 aromatic rings. The maximum atomic E-state index is 11.2. The molecule has 0 aliphatic carbocycles. The van der Waals surface area contributed by atoms with E-state index >= 15 is 0 Å². The summed E-state index contributed by atoms with van der Waals surface area (Å²) >= 11 is 0. The molecule has 0 bridgehead atoms. The number of hydrogen-bond acceptors (Lipinski definition) is 4. The van der Waals surface area contributed by atoms with Crippen LogP contribution in [0.4, 0.5) is 0 Å². The van der Waals surface area contributed by atoms with Crippen LogP contribution in [0.1, 0.15) is 18.9 Å². The Labute approximate surface area is 112 Å². The van der Waals surface area contributed by atoms with Gasteiger partial charge in [0.05, 0.1) is 6.54 Å². The zero-order valence-corrected chi connectivity index (χ0v) is 11.0. The molecule has 0 spiro atoms. The number of likely N-dealkylation sites (tertiary alicyclic amines) is 1. The number of Topliss-reactive ketones (excluding diaryl/α,β-unsaturated/α-hetero) is 1. The van der Waals surface area contributed by atoms with Gasteiger partial charge in [-0.3, -0.25) is 15.0 Å². The lowest BCUT2D eigenvalue weighted by molar-refractivity contribution is -0.525. The molecular formula is C14H18N2O3. The van der Waals surface area contributed by atoms with Crippen LogP contribution in [-0.2, 0) is 11.3 Å². The molecule has 19 heavy (non-hydrogen) atoms. The Balaban J connectivity index is 2.01. The monoisotopic (exact) mass is 262 g/mol. The van der Waals surface area contributed by atoms with Gasteiger partial charge in [-0.15, -0.1) is 0 Å². The zero-order chi connectivity index (χ0) is 13.8. The van der Waals surface area contributed by atoms with Crippen LogP contribution in [0.25, 0.3) is 0 Å². The normalized spacial score (nSPS) is 23.4. The van der Waals surface area contributed by atoms with E-state index in [-0.39, 0.29) is 16.6 Å². The minimum Gasteiger partial charge on any atom is -0.300 e. The van der Waals surface area contributed by atoms with Crippen LogP contribution < -0.4 is 0 Å². The van der Waals surface area contributed by atoms with Crippen LogP contribution in [0.5, 0.6) is 0 Å². The minimum absolute atomic E-state index is 0.0263. The van der Waals surface area contributed by atoms with Gasteiger partial charge in [0.1, 0.15) is 5.78 Å². The van der Waals surface area contributed by atoms with E-state index in [1.807, 2.05) is 30.3 Å². The van der Waals surface area contributed by atoms with Crippen molar-refractivity contribution in [2.45, 2.75) is 25.9 Å². The fourth-order valence-corrected chi connectivity index (χ4v) is 2.72. The number of benzene rings is 1. The highest BCUT2D eigenvalue weighted by molar-refractivity contribution is 5.75. The van der Waals surface area contributed by atoms with E-state index in [1.165, 1.54) is 6.92 Å². The summed E-state index contributed by atoms with van der Waals surface area (Å²) in [4.78, 5) is 24.1. The fraction of sp³-hybridized carbons (Fsp3) is 0.500. The molecule has 1 aliphatic rings. The van der Waals surface area contributed by atoms with Crippen molar-refractivity contribution in [2.75, 3.05) is 13.1 Å². The summed E-state index contributed by atoms with van der Waals surface area (Å²) in [6, 6.07) is 9.28. The Morgan fingerprint density at radius 1 is 1.37 bits per heavy atom. The third kappa shape index (κ3) is 3.61. The third-order valence-electron chi connectivity index (χ3n) is 3.55. The van der Waals surface area contributed by atoms with Crippen molar-refractivity contribution in [1.29, 1.82) is 0 Å². The van der Waals surface area contributed by atoms with E-state index in [0.29, 0.717) is 26.1 Å². The molecule has 1 aliphatic heterocycles. The third-order valence-corrected chi connectivity index (χ3v) is 3.55. The van der Waals surface area contributed by atoms with Gasteiger partial charge in [-0.05, 0) is 12.5 Å². The molecule has 0 unspecified atom stereocenters. The highest BCUT2D eigenvalue weighted by atomic mass is 16.6. The predicted molar refractivity (Wildman–Crippen MR) is 71.3 cm³/mol. The number of carbonyl (C=O) groups excluding carboxylic acids is 1. The molecule has 1 saturated heterocycles. The summed E-state index contributed by atoms with van der Waals surface area (Å²) in [5.41, 5.74) is 1.15. The highest BCUT2D eigenvalue weighted by Crippen LogP contribution is 2.24. The van der Waals surface area contributed by atoms with Crippen LogP contribution in [0.15, 0.2) is 30.3 Å². The Morgan fingerprint density at radius 2 is 2.05 bits per heavy atom. The van der Waals surface area contributed by atoms with Crippen molar-refractivity contribution in [3.63, 3.8) is 0 Å². The van der Waals surface area contributed by atoms with Crippen LogP contribution in [0, 0.1) is 16.0 Å². The van der Waals surface area contributed by atoms with Gasteiger partial charge in [0.15, 0.2) is 0 Å². The second-order valence-corrected chi connectivity index (χ2v) is 5.20. The van der Waals surface area contributed by atoms with Gasteiger partial charge < -0.3 is 4.79 Å². The SMILES string of the molecule is CC(=O)C[C@H]1CN(Cc2ccccc2)C[C@@H]1[N+](=O)[O-]. The van der Waals surface area contributed by atoms with Crippen molar-refractivity contribution < 1.29 is 9.72 Å². The van der Waals surface area contributed by atoms with E-state index in [9.17, 15) is 14.9 Å². The van der Waals surface area contributed by atoms with Gasteiger partial charge in [0.2, 0.25) is 6.04 Å². The second-order valence-electron chi connectivity index (χ2n) is 5.20. The quantitative estimate of drug-likeness (QED) is 0.599. The molecule has 1 aromatic carbocycles. The van der Waals surface area contributed by atoms with Crippen molar-refractivity contribution in [2.24, 2.45) is 5.92 Å². The summed E-state index contributed by atoms with van der Waals surface area (Å²) in [6.45, 7) is 3.26. The second kappa shape index (κ2) is 5.93. The molecule has 102 valence electrons. The van der Waals surface area contributed by atoms with Crippen LogP contribution in [0.2, 0.25) is 0 Å². The Hall–Kier alpha value is -1.75. The predicted octanol–water partition coefficient (Wildman–Crippen LogP) is 1.74. The van der Waals surface area contributed by atoms with Crippen LogP contribution in [0.3, 0.4) is 0 Å². The van der Waals surface area contributed by atoms with Gasteiger partial charge in [-0.2, -0.15) is 0 Å². The number of nitrogens with zero attached hydrogens (tertiary/aromatic N) is 2. The lowest BCUT2D eigenvalue weighted by Gasteiger charge is -2.14. The first kappa shape index (κ1) is 13.7. The lowest BCUT2D eigenvalue weighted by Crippen LogP contribution is -2.29. The standard InChI is InChI=1S/C14H18N2O3/c1-11(17)7-13-9-15(10-14(13)16(18)19)8-12-5-3-2-4-6-12/h2-6,13-14H,7-10H2,1H3/t13-,14-/m0/s1. The maximum absolute atomic E-state index is 11.2. The molecule has 0 amide bonds. The number of nitro groups is 1. The number of ketones is 1. The first-order chi connectivity index (χ1) is 9.06. The molecule has 1 fully saturated rings. The van der Waals surface area contributed by atoms with Crippen molar-refractivity contribution in [1.82, 2.24) is 4.90 Å². The van der Waals surface area contributed by atoms with Gasteiger partial charge in [-0.1, -0.05) is 30.3 Å². The molecule has 0 radical (unpaired) electrons. The van der Waals surface area contributed by atoms with Crippen LogP contribution in [-0.4, -0.2) is 34.7 Å². The summed E-state index contributed by atoms with van der Waals surface area (Å²) in [5.74, 6) is -0.130. The maximum Gasteiger partial charge on any atom is 0.230 e. The van der Waals surface area contributed by atoms with E-state index in [1.54, 1.807) is 0 Å². The molecule has 2 atom stereocenters. The summed E-state index contributed by atoms with van der Waals surface area (Å²) in [7, 11) is 0. The molecule has 0 aromatic heterocycles. The smallest absolute Gasteiger partial charge is 0.230 e. The van der Waals surface area contributed by atoms with Gasteiger partial charge >= 0.3 is 0 Å². The molecule has 5 nitrogen and oxygen atoms in total. The molecular weight excluding hydrogens is 244 g/mol. The molecule has 2 rings (SSSR count). The Kier molecular flexibility index (Phi) is 4.27. The first-order valence-electron chi connectivity index (χ1n) is 6.45. The van der Waals surface area contributed by atoms with Crippen molar-refractivity contribution in [3.05, 3.63) is 46.0 Å². The first-order valence-corrected chi connectivity index (χ1v) is 6.45. The Bertz CT molecular complexity index is 461. The molecule has 0 saturated carbocycles. The van der Waals surface area contributed by atoms with E-state index in [4.69, 9.17) is 0 Å². The van der Waals surface area contributed by atoms with Gasteiger partial charge in [0, 0.05) is 30.4 Å². The molecule has 5 heteroatoms. The zero-order valence-electron chi connectivity index (χ0n) is 11.0. The van der Waals surface area contributed by atoms with E-state index in [0.717, 1.165) is 5.56 Å². The molecule has 1 heterocycles. The average Bonchev–Trinajstić information content (AvgIpc) is 2.72. The lowest BCUT2D eigenvalue weighted by atomic mass is 9.98. The van der Waals surface area contributed by atoms with E-state index in [2.05, 4.69) is 4.90 Å². The van der Waals surface area contributed by atoms with Gasteiger partial charge in [-0.25, -0.2) is 0 Å².